The first-order chi connectivity index (χ1) is 13.6. The second-order valence-corrected chi connectivity index (χ2v) is 6.91. The van der Waals surface area contributed by atoms with Crippen LogP contribution in [0.1, 0.15) is 37.3 Å². The Bertz CT molecular complexity index is 1090. The average molecular weight is 375 g/mol. The van der Waals surface area contributed by atoms with E-state index < -0.39 is 0 Å². The fourth-order valence-electron chi connectivity index (χ4n) is 2.87. The highest BCUT2D eigenvalue weighted by molar-refractivity contribution is 5.92. The maximum absolute atomic E-state index is 11.8. The van der Waals surface area contributed by atoms with Crippen LogP contribution in [-0.2, 0) is 4.79 Å². The zero-order valence-corrected chi connectivity index (χ0v) is 15.8. The number of nitrogens with zero attached hydrogens (tertiary/aromatic N) is 4. The molecule has 8 nitrogen and oxygen atoms in total. The number of nitrogens with one attached hydrogen (secondary N) is 3. The molecule has 3 aromatic rings. The molecule has 0 saturated heterocycles. The van der Waals surface area contributed by atoms with Crippen LogP contribution in [0.15, 0.2) is 30.5 Å². The van der Waals surface area contributed by atoms with Crippen molar-refractivity contribution in [1.82, 2.24) is 14.6 Å². The maximum Gasteiger partial charge on any atom is 0.224 e. The van der Waals surface area contributed by atoms with E-state index in [1.165, 1.54) is 6.20 Å². The fraction of sp³-hybridized carbons (Fsp3) is 0.300. The third kappa shape index (κ3) is 3.60. The van der Waals surface area contributed by atoms with Gasteiger partial charge in [-0.05, 0) is 37.5 Å². The van der Waals surface area contributed by atoms with Crippen LogP contribution >= 0.6 is 0 Å². The van der Waals surface area contributed by atoms with Gasteiger partial charge in [0.15, 0.2) is 5.65 Å². The molecule has 8 heteroatoms. The number of fused-ring (bicyclic) bond motifs is 1. The molecule has 1 aliphatic rings. The predicted octanol–water partition coefficient (Wildman–Crippen LogP) is 3.58. The van der Waals surface area contributed by atoms with Crippen molar-refractivity contribution >= 4 is 34.6 Å². The zero-order valence-electron chi connectivity index (χ0n) is 15.8. The van der Waals surface area contributed by atoms with Gasteiger partial charge in [0.1, 0.15) is 23.3 Å². The van der Waals surface area contributed by atoms with E-state index in [-0.39, 0.29) is 5.91 Å². The molecule has 1 fully saturated rings. The summed E-state index contributed by atoms with van der Waals surface area (Å²) >= 11 is 0. The Hall–Kier alpha value is -3.60. The van der Waals surface area contributed by atoms with E-state index in [1.54, 1.807) is 4.52 Å². The van der Waals surface area contributed by atoms with Crippen molar-refractivity contribution in [2.75, 3.05) is 16.0 Å². The quantitative estimate of drug-likeness (QED) is 0.608. The summed E-state index contributed by atoms with van der Waals surface area (Å²) in [4.78, 5) is 16.3. The monoisotopic (exact) mass is 375 g/mol. The molecule has 0 radical (unpaired) electrons. The van der Waals surface area contributed by atoms with Gasteiger partial charge in [0.05, 0.1) is 6.20 Å². The molecule has 0 aliphatic heterocycles. The first-order valence-corrected chi connectivity index (χ1v) is 9.30. The van der Waals surface area contributed by atoms with Crippen molar-refractivity contribution in [2.24, 2.45) is 0 Å². The summed E-state index contributed by atoms with van der Waals surface area (Å²) in [5.74, 6) is 1.36. The molecule has 28 heavy (non-hydrogen) atoms. The Morgan fingerprint density at radius 2 is 2.18 bits per heavy atom. The Morgan fingerprint density at radius 1 is 1.36 bits per heavy atom. The highest BCUT2D eigenvalue weighted by Crippen LogP contribution is 2.29. The number of benzene rings is 1. The normalized spacial score (nSPS) is 13.2. The number of amides is 1. The molecule has 1 amide bonds. The summed E-state index contributed by atoms with van der Waals surface area (Å²) in [5, 5.41) is 23.2. The van der Waals surface area contributed by atoms with Gasteiger partial charge in [0.2, 0.25) is 5.91 Å². The first kappa shape index (κ1) is 17.8. The summed E-state index contributed by atoms with van der Waals surface area (Å²) < 4.78 is 1.66. The second-order valence-electron chi connectivity index (χ2n) is 6.91. The number of rotatable bonds is 6. The van der Waals surface area contributed by atoms with Crippen LogP contribution in [-0.4, -0.2) is 26.5 Å². The van der Waals surface area contributed by atoms with Crippen molar-refractivity contribution in [3.8, 4) is 6.07 Å². The van der Waals surface area contributed by atoms with Crippen LogP contribution in [0.25, 0.3) is 5.65 Å². The van der Waals surface area contributed by atoms with Crippen LogP contribution in [0.3, 0.4) is 0 Å². The van der Waals surface area contributed by atoms with Gasteiger partial charge in [-0.2, -0.15) is 14.9 Å². The van der Waals surface area contributed by atoms with Crippen molar-refractivity contribution in [2.45, 2.75) is 39.2 Å². The number of carbonyl (C=O) groups is 1. The average Bonchev–Trinajstić information content (AvgIpc) is 3.40. The second kappa shape index (κ2) is 7.19. The van der Waals surface area contributed by atoms with Crippen LogP contribution in [0, 0.1) is 18.3 Å². The largest absolute Gasteiger partial charge is 0.367 e. The Labute approximate surface area is 162 Å². The van der Waals surface area contributed by atoms with Crippen molar-refractivity contribution in [1.29, 1.82) is 5.26 Å². The SMILES string of the molecule is CCC(=O)Nc1cc(Nc2cc(NC3CC3)n3ncc(C#N)c3n2)ccc1C. The van der Waals surface area contributed by atoms with E-state index in [9.17, 15) is 10.1 Å². The predicted molar refractivity (Wildman–Crippen MR) is 108 cm³/mol. The standard InChI is InChI=1S/C20H21N7O/c1-3-19(28)25-16-8-15(5-4-12(16)2)23-17-9-18(24-14-6-7-14)27-20(26-17)13(10-21)11-22-27/h4-5,8-9,11,14,24H,3,6-7H2,1-2H3,(H,23,26)(H,25,28). The molecule has 2 heterocycles. The van der Waals surface area contributed by atoms with E-state index >= 15 is 0 Å². The molecule has 0 unspecified atom stereocenters. The molecule has 0 spiro atoms. The summed E-state index contributed by atoms with van der Waals surface area (Å²) in [6.07, 6.45) is 4.19. The molecule has 0 atom stereocenters. The van der Waals surface area contributed by atoms with Gasteiger partial charge in [0, 0.05) is 29.9 Å². The molecule has 2 aromatic heterocycles. The van der Waals surface area contributed by atoms with Crippen molar-refractivity contribution in [3.05, 3.63) is 41.6 Å². The number of nitriles is 1. The van der Waals surface area contributed by atoms with Crippen LogP contribution in [0.4, 0.5) is 23.0 Å². The number of hydrogen-bond acceptors (Lipinski definition) is 6. The summed E-state index contributed by atoms with van der Waals surface area (Å²) in [7, 11) is 0. The van der Waals surface area contributed by atoms with E-state index in [0.717, 1.165) is 35.6 Å². The van der Waals surface area contributed by atoms with Gasteiger partial charge in [0.25, 0.3) is 0 Å². The van der Waals surface area contributed by atoms with Crippen molar-refractivity contribution < 1.29 is 4.79 Å². The molecule has 3 N–H and O–H groups in total. The Morgan fingerprint density at radius 3 is 2.89 bits per heavy atom. The van der Waals surface area contributed by atoms with Crippen molar-refractivity contribution in [3.63, 3.8) is 0 Å². The zero-order chi connectivity index (χ0) is 19.7. The highest BCUT2D eigenvalue weighted by atomic mass is 16.1. The minimum absolute atomic E-state index is 0.0337. The molecular formula is C20H21N7O. The lowest BCUT2D eigenvalue weighted by molar-refractivity contribution is -0.115. The number of anilines is 4. The number of aryl methyl sites for hydroxylation is 1. The van der Waals surface area contributed by atoms with Crippen LogP contribution in [0.2, 0.25) is 0 Å². The van der Waals surface area contributed by atoms with E-state index in [0.29, 0.717) is 29.5 Å². The smallest absolute Gasteiger partial charge is 0.224 e. The van der Waals surface area contributed by atoms with Gasteiger partial charge >= 0.3 is 0 Å². The molecule has 4 rings (SSSR count). The summed E-state index contributed by atoms with van der Waals surface area (Å²) in [6, 6.07) is 10.2. The number of aromatic nitrogens is 3. The molecule has 142 valence electrons. The Kier molecular flexibility index (Phi) is 4.57. The van der Waals surface area contributed by atoms with Gasteiger partial charge in [-0.15, -0.1) is 0 Å². The van der Waals surface area contributed by atoms with E-state index in [4.69, 9.17) is 0 Å². The third-order valence-electron chi connectivity index (χ3n) is 4.63. The molecule has 1 aromatic carbocycles. The summed E-state index contributed by atoms with van der Waals surface area (Å²) in [5.41, 5.74) is 3.46. The molecule has 0 bridgehead atoms. The summed E-state index contributed by atoms with van der Waals surface area (Å²) in [6.45, 7) is 3.77. The molecule has 1 saturated carbocycles. The minimum atomic E-state index is -0.0337. The number of carbonyl (C=O) groups excluding carboxylic acids is 1. The molecular weight excluding hydrogens is 354 g/mol. The minimum Gasteiger partial charge on any atom is -0.367 e. The van der Waals surface area contributed by atoms with Crippen LogP contribution < -0.4 is 16.0 Å². The number of hydrogen-bond donors (Lipinski definition) is 3. The van der Waals surface area contributed by atoms with Gasteiger partial charge < -0.3 is 16.0 Å². The van der Waals surface area contributed by atoms with Gasteiger partial charge in [-0.3, -0.25) is 4.79 Å². The van der Waals surface area contributed by atoms with E-state index in [2.05, 4.69) is 32.1 Å². The highest BCUT2D eigenvalue weighted by Gasteiger charge is 2.23. The third-order valence-corrected chi connectivity index (χ3v) is 4.63. The fourth-order valence-corrected chi connectivity index (χ4v) is 2.87. The molecule has 1 aliphatic carbocycles. The first-order valence-electron chi connectivity index (χ1n) is 9.30. The van der Waals surface area contributed by atoms with Crippen LogP contribution in [0.5, 0.6) is 0 Å². The topological polar surface area (TPSA) is 107 Å². The lowest BCUT2D eigenvalue weighted by atomic mass is 10.1. The maximum atomic E-state index is 11.8. The lowest BCUT2D eigenvalue weighted by Gasteiger charge is -2.13. The lowest BCUT2D eigenvalue weighted by Crippen LogP contribution is -2.11. The van der Waals surface area contributed by atoms with Gasteiger partial charge in [-0.1, -0.05) is 13.0 Å². The van der Waals surface area contributed by atoms with E-state index in [1.807, 2.05) is 38.1 Å². The van der Waals surface area contributed by atoms with Gasteiger partial charge in [-0.25, -0.2) is 4.98 Å². The Balaban J connectivity index is 1.68.